The van der Waals surface area contributed by atoms with Crippen molar-refractivity contribution >= 4 is 11.7 Å². The predicted octanol–water partition coefficient (Wildman–Crippen LogP) is 2.20. The van der Waals surface area contributed by atoms with Crippen LogP contribution in [0.25, 0.3) is 0 Å². The molecule has 3 heterocycles. The van der Waals surface area contributed by atoms with Crippen molar-refractivity contribution in [1.29, 1.82) is 0 Å². The van der Waals surface area contributed by atoms with Crippen molar-refractivity contribution in [3.8, 4) is 0 Å². The number of aryl methyl sites for hydroxylation is 2. The van der Waals surface area contributed by atoms with E-state index in [0.29, 0.717) is 18.1 Å². The monoisotopic (exact) mass is 346 g/mol. The van der Waals surface area contributed by atoms with E-state index in [-0.39, 0.29) is 11.9 Å². The van der Waals surface area contributed by atoms with Crippen LogP contribution in [0, 0.1) is 6.92 Å². The number of fused-ring (bicyclic) bond motifs is 1. The zero-order valence-corrected chi connectivity index (χ0v) is 14.9. The molecule has 0 saturated carbocycles. The highest BCUT2D eigenvalue weighted by atomic mass is 16.5. The van der Waals surface area contributed by atoms with E-state index in [2.05, 4.69) is 37.5 Å². The third kappa shape index (κ3) is 4.45. The van der Waals surface area contributed by atoms with Crippen LogP contribution in [0.15, 0.2) is 10.6 Å². The van der Waals surface area contributed by atoms with Crippen molar-refractivity contribution in [2.75, 3.05) is 5.32 Å². The van der Waals surface area contributed by atoms with Gasteiger partial charge in [0.15, 0.2) is 5.82 Å². The first-order valence-electron chi connectivity index (χ1n) is 9.06. The van der Waals surface area contributed by atoms with Gasteiger partial charge in [0, 0.05) is 19.0 Å². The molecule has 1 atom stereocenters. The molecule has 1 amide bonds. The Hall–Kier alpha value is -2.22. The fourth-order valence-corrected chi connectivity index (χ4v) is 3.09. The Morgan fingerprint density at radius 2 is 2.28 bits per heavy atom. The first-order chi connectivity index (χ1) is 12.2. The normalized spacial score (nSPS) is 15.0. The molecule has 0 spiro atoms. The molecule has 8 heteroatoms. The number of carbonyl (C=O) groups is 1. The van der Waals surface area contributed by atoms with Gasteiger partial charge in [-0.15, -0.1) is 10.2 Å². The minimum Gasteiger partial charge on any atom is -0.360 e. The Bertz CT molecular complexity index is 708. The lowest BCUT2D eigenvalue weighted by Gasteiger charge is -2.19. The van der Waals surface area contributed by atoms with Crippen LogP contribution < -0.4 is 10.6 Å². The number of hydrogen-bond acceptors (Lipinski definition) is 6. The molecular weight excluding hydrogens is 320 g/mol. The number of nitrogens with one attached hydrogen (secondary N) is 2. The molecule has 136 valence electrons. The summed E-state index contributed by atoms with van der Waals surface area (Å²) in [6.07, 6.45) is 6.08. The SMILES string of the molecule is CCCC[C@H](NCc1nnc2n1CCCC2)C(=O)Nc1cc(C)on1. The third-order valence-corrected chi connectivity index (χ3v) is 4.48. The van der Waals surface area contributed by atoms with Crippen LogP contribution in [0.1, 0.15) is 56.4 Å². The highest BCUT2D eigenvalue weighted by Crippen LogP contribution is 2.15. The molecular formula is C17H26N6O2. The van der Waals surface area contributed by atoms with E-state index in [0.717, 1.165) is 50.3 Å². The van der Waals surface area contributed by atoms with Crippen molar-refractivity contribution in [1.82, 2.24) is 25.2 Å². The Kier molecular flexibility index (Phi) is 5.80. The van der Waals surface area contributed by atoms with E-state index >= 15 is 0 Å². The van der Waals surface area contributed by atoms with Crippen molar-refractivity contribution in [3.63, 3.8) is 0 Å². The van der Waals surface area contributed by atoms with Gasteiger partial charge in [0.25, 0.3) is 0 Å². The second-order valence-electron chi connectivity index (χ2n) is 6.53. The molecule has 25 heavy (non-hydrogen) atoms. The van der Waals surface area contributed by atoms with Gasteiger partial charge in [-0.05, 0) is 26.2 Å². The van der Waals surface area contributed by atoms with Gasteiger partial charge in [0.2, 0.25) is 5.91 Å². The maximum absolute atomic E-state index is 12.6. The molecule has 8 nitrogen and oxygen atoms in total. The summed E-state index contributed by atoms with van der Waals surface area (Å²) in [5.74, 6) is 2.98. The summed E-state index contributed by atoms with van der Waals surface area (Å²) < 4.78 is 7.17. The van der Waals surface area contributed by atoms with Gasteiger partial charge in [0.05, 0.1) is 12.6 Å². The molecule has 0 bridgehead atoms. The molecule has 0 aliphatic carbocycles. The fraction of sp³-hybridized carbons (Fsp3) is 0.647. The van der Waals surface area contributed by atoms with Gasteiger partial charge in [-0.25, -0.2) is 0 Å². The molecule has 0 saturated heterocycles. The highest BCUT2D eigenvalue weighted by molar-refractivity contribution is 5.93. The number of rotatable bonds is 8. The number of hydrogen-bond donors (Lipinski definition) is 2. The van der Waals surface area contributed by atoms with Crippen LogP contribution in [-0.4, -0.2) is 31.9 Å². The number of aromatic nitrogens is 4. The summed E-state index contributed by atoms with van der Waals surface area (Å²) in [4.78, 5) is 12.6. The smallest absolute Gasteiger partial charge is 0.242 e. The third-order valence-electron chi connectivity index (χ3n) is 4.48. The Labute approximate surface area is 147 Å². The largest absolute Gasteiger partial charge is 0.360 e. The quantitative estimate of drug-likeness (QED) is 0.760. The van der Waals surface area contributed by atoms with Gasteiger partial charge in [0.1, 0.15) is 17.4 Å². The molecule has 1 aliphatic rings. The number of unbranched alkanes of at least 4 members (excludes halogenated alkanes) is 1. The van der Waals surface area contributed by atoms with Crippen LogP contribution in [-0.2, 0) is 24.3 Å². The molecule has 3 rings (SSSR count). The average Bonchev–Trinajstić information content (AvgIpc) is 3.21. The second kappa shape index (κ2) is 8.24. The van der Waals surface area contributed by atoms with Crippen molar-refractivity contribution in [3.05, 3.63) is 23.5 Å². The van der Waals surface area contributed by atoms with Crippen LogP contribution in [0.4, 0.5) is 5.82 Å². The van der Waals surface area contributed by atoms with Crippen LogP contribution in [0.5, 0.6) is 0 Å². The minimum atomic E-state index is -0.298. The number of anilines is 1. The molecule has 2 N–H and O–H groups in total. The van der Waals surface area contributed by atoms with Crippen molar-refractivity contribution in [2.45, 2.75) is 71.5 Å². The molecule has 0 aromatic carbocycles. The van der Waals surface area contributed by atoms with Gasteiger partial charge in [-0.1, -0.05) is 24.9 Å². The van der Waals surface area contributed by atoms with Crippen LogP contribution in [0.3, 0.4) is 0 Å². The molecule has 0 unspecified atom stereocenters. The standard InChI is InChI=1S/C17H26N6O2/c1-3-4-7-13(17(24)19-14-10-12(2)25-22-14)18-11-16-21-20-15-8-5-6-9-23(15)16/h10,13,18H,3-9,11H2,1-2H3,(H,19,22,24)/t13-/m0/s1. The summed E-state index contributed by atoms with van der Waals surface area (Å²) in [5.41, 5.74) is 0. The first kappa shape index (κ1) is 17.6. The van der Waals surface area contributed by atoms with Crippen molar-refractivity contribution < 1.29 is 9.32 Å². The number of amides is 1. The van der Waals surface area contributed by atoms with E-state index in [1.54, 1.807) is 13.0 Å². The molecule has 0 radical (unpaired) electrons. The van der Waals surface area contributed by atoms with Gasteiger partial charge >= 0.3 is 0 Å². The lowest BCUT2D eigenvalue weighted by molar-refractivity contribution is -0.118. The average molecular weight is 346 g/mol. The van der Waals surface area contributed by atoms with E-state index in [1.807, 2.05) is 0 Å². The van der Waals surface area contributed by atoms with Gasteiger partial charge in [-0.3, -0.25) is 10.1 Å². The number of carbonyl (C=O) groups excluding carboxylic acids is 1. The Morgan fingerprint density at radius 3 is 3.04 bits per heavy atom. The van der Waals surface area contributed by atoms with Gasteiger partial charge in [-0.2, -0.15) is 0 Å². The maximum Gasteiger partial charge on any atom is 0.242 e. The van der Waals surface area contributed by atoms with Crippen LogP contribution >= 0.6 is 0 Å². The topological polar surface area (TPSA) is 97.9 Å². The summed E-state index contributed by atoms with van der Waals surface area (Å²) in [5, 5.41) is 18.5. The molecule has 0 fully saturated rings. The number of nitrogens with zero attached hydrogens (tertiary/aromatic N) is 4. The van der Waals surface area contributed by atoms with E-state index in [4.69, 9.17) is 4.52 Å². The summed E-state index contributed by atoms with van der Waals surface area (Å²) >= 11 is 0. The zero-order chi connectivity index (χ0) is 17.6. The fourth-order valence-electron chi connectivity index (χ4n) is 3.09. The van der Waals surface area contributed by atoms with Crippen LogP contribution in [0.2, 0.25) is 0 Å². The molecule has 1 aliphatic heterocycles. The van der Waals surface area contributed by atoms with E-state index < -0.39 is 0 Å². The Balaban J connectivity index is 1.62. The minimum absolute atomic E-state index is 0.0971. The predicted molar refractivity (Wildman–Crippen MR) is 93.0 cm³/mol. The van der Waals surface area contributed by atoms with E-state index in [1.165, 1.54) is 6.42 Å². The molecule has 2 aromatic heterocycles. The Morgan fingerprint density at radius 1 is 1.40 bits per heavy atom. The summed E-state index contributed by atoms with van der Waals surface area (Å²) in [6.45, 7) is 5.41. The summed E-state index contributed by atoms with van der Waals surface area (Å²) in [7, 11) is 0. The highest BCUT2D eigenvalue weighted by Gasteiger charge is 2.21. The van der Waals surface area contributed by atoms with Crippen molar-refractivity contribution in [2.24, 2.45) is 0 Å². The lowest BCUT2D eigenvalue weighted by Crippen LogP contribution is -2.40. The first-order valence-corrected chi connectivity index (χ1v) is 9.06. The summed E-state index contributed by atoms with van der Waals surface area (Å²) in [6, 6.07) is 1.41. The lowest BCUT2D eigenvalue weighted by atomic mass is 10.1. The second-order valence-corrected chi connectivity index (χ2v) is 6.53. The maximum atomic E-state index is 12.6. The van der Waals surface area contributed by atoms with Gasteiger partial charge < -0.3 is 14.4 Å². The van der Waals surface area contributed by atoms with E-state index in [9.17, 15) is 4.79 Å². The zero-order valence-electron chi connectivity index (χ0n) is 14.9. The molecule has 2 aromatic rings.